The van der Waals surface area contributed by atoms with Crippen LogP contribution in [0.25, 0.3) is 11.1 Å². The van der Waals surface area contributed by atoms with Crippen LogP contribution in [0.4, 0.5) is 5.69 Å². The number of rotatable bonds is 2. The van der Waals surface area contributed by atoms with Crippen molar-refractivity contribution in [3.8, 4) is 11.1 Å². The number of aryl methyl sites for hydroxylation is 2. The summed E-state index contributed by atoms with van der Waals surface area (Å²) < 4.78 is 0. The van der Waals surface area contributed by atoms with Gasteiger partial charge in [0.15, 0.2) is 0 Å². The monoisotopic (exact) mass is 267 g/mol. The fourth-order valence-electron chi connectivity index (χ4n) is 2.86. The van der Waals surface area contributed by atoms with Gasteiger partial charge in [0.2, 0.25) is 0 Å². The van der Waals surface area contributed by atoms with Crippen LogP contribution in [0, 0.1) is 6.92 Å². The molecule has 1 aliphatic heterocycles. The summed E-state index contributed by atoms with van der Waals surface area (Å²) in [6.07, 6.45) is 2.17. The summed E-state index contributed by atoms with van der Waals surface area (Å²) in [6.45, 7) is 2.97. The summed E-state index contributed by atoms with van der Waals surface area (Å²) in [7, 11) is 0. The van der Waals surface area contributed by atoms with Crippen molar-refractivity contribution in [3.63, 3.8) is 0 Å². The molecule has 0 amide bonds. The number of hydrogen-bond donors (Lipinski definition) is 2. The van der Waals surface area contributed by atoms with Gasteiger partial charge in [-0.15, -0.1) is 0 Å². The van der Waals surface area contributed by atoms with Gasteiger partial charge in [-0.1, -0.05) is 18.2 Å². The van der Waals surface area contributed by atoms with Gasteiger partial charge in [-0.25, -0.2) is 4.79 Å². The molecule has 0 aliphatic carbocycles. The SMILES string of the molecule is Cc1cccc(C(=O)O)c1-c1ccc2c(c1)CCCN2. The maximum absolute atomic E-state index is 11.4. The zero-order valence-corrected chi connectivity index (χ0v) is 11.4. The molecule has 0 saturated heterocycles. The number of nitrogens with one attached hydrogen (secondary N) is 1. The Kier molecular flexibility index (Phi) is 3.18. The van der Waals surface area contributed by atoms with E-state index in [0.29, 0.717) is 5.56 Å². The van der Waals surface area contributed by atoms with Crippen molar-refractivity contribution in [2.24, 2.45) is 0 Å². The van der Waals surface area contributed by atoms with E-state index in [1.54, 1.807) is 12.1 Å². The van der Waals surface area contributed by atoms with Crippen LogP contribution in [0.1, 0.15) is 27.9 Å². The van der Waals surface area contributed by atoms with Crippen LogP contribution in [-0.2, 0) is 6.42 Å². The van der Waals surface area contributed by atoms with Gasteiger partial charge >= 0.3 is 5.97 Å². The van der Waals surface area contributed by atoms with E-state index >= 15 is 0 Å². The number of hydrogen-bond acceptors (Lipinski definition) is 2. The molecule has 3 rings (SSSR count). The molecule has 1 heterocycles. The Balaban J connectivity index is 2.16. The summed E-state index contributed by atoms with van der Waals surface area (Å²) in [5.41, 5.74) is 5.62. The minimum Gasteiger partial charge on any atom is -0.478 e. The molecule has 2 N–H and O–H groups in total. The summed E-state index contributed by atoms with van der Waals surface area (Å²) in [6, 6.07) is 11.6. The van der Waals surface area contributed by atoms with Crippen LogP contribution in [0.2, 0.25) is 0 Å². The molecule has 1 aliphatic rings. The topological polar surface area (TPSA) is 49.3 Å². The highest BCUT2D eigenvalue weighted by Crippen LogP contribution is 2.32. The highest BCUT2D eigenvalue weighted by atomic mass is 16.4. The number of benzene rings is 2. The van der Waals surface area contributed by atoms with E-state index < -0.39 is 5.97 Å². The molecule has 3 nitrogen and oxygen atoms in total. The smallest absolute Gasteiger partial charge is 0.336 e. The zero-order valence-electron chi connectivity index (χ0n) is 11.4. The molecule has 20 heavy (non-hydrogen) atoms. The van der Waals surface area contributed by atoms with Gasteiger partial charge in [-0.05, 0) is 60.2 Å². The van der Waals surface area contributed by atoms with E-state index in [2.05, 4.69) is 17.4 Å². The zero-order chi connectivity index (χ0) is 14.1. The maximum Gasteiger partial charge on any atom is 0.336 e. The van der Waals surface area contributed by atoms with E-state index in [-0.39, 0.29) is 0 Å². The number of carboxylic acid groups (broad SMARTS) is 1. The minimum absolute atomic E-state index is 0.369. The third-order valence-corrected chi connectivity index (χ3v) is 3.84. The number of carboxylic acids is 1. The molecule has 2 aromatic carbocycles. The maximum atomic E-state index is 11.4. The first-order valence-corrected chi connectivity index (χ1v) is 6.87. The van der Waals surface area contributed by atoms with Gasteiger partial charge in [0.1, 0.15) is 0 Å². The Bertz CT molecular complexity index is 677. The van der Waals surface area contributed by atoms with E-state index in [1.165, 1.54) is 11.3 Å². The highest BCUT2D eigenvalue weighted by Gasteiger charge is 2.16. The van der Waals surface area contributed by atoms with Crippen LogP contribution in [-0.4, -0.2) is 17.6 Å². The molecule has 0 radical (unpaired) electrons. The van der Waals surface area contributed by atoms with Gasteiger partial charge < -0.3 is 10.4 Å². The Labute approximate surface area is 118 Å². The number of aromatic carboxylic acids is 1. The number of fused-ring (bicyclic) bond motifs is 1. The lowest BCUT2D eigenvalue weighted by Gasteiger charge is -2.19. The van der Waals surface area contributed by atoms with E-state index in [1.807, 2.05) is 19.1 Å². The normalized spacial score (nSPS) is 13.4. The van der Waals surface area contributed by atoms with Crippen molar-refractivity contribution < 1.29 is 9.90 Å². The largest absolute Gasteiger partial charge is 0.478 e. The second kappa shape index (κ2) is 5.00. The van der Waals surface area contributed by atoms with Crippen molar-refractivity contribution in [2.45, 2.75) is 19.8 Å². The lowest BCUT2D eigenvalue weighted by molar-refractivity contribution is 0.0697. The average molecular weight is 267 g/mol. The van der Waals surface area contributed by atoms with Gasteiger partial charge in [0.25, 0.3) is 0 Å². The van der Waals surface area contributed by atoms with Crippen LogP contribution >= 0.6 is 0 Å². The van der Waals surface area contributed by atoms with Crippen molar-refractivity contribution >= 4 is 11.7 Å². The second-order valence-corrected chi connectivity index (χ2v) is 5.20. The Morgan fingerprint density at radius 3 is 2.90 bits per heavy atom. The molecule has 0 bridgehead atoms. The molecule has 102 valence electrons. The first kappa shape index (κ1) is 12.7. The lowest BCUT2D eigenvalue weighted by Crippen LogP contribution is -2.11. The van der Waals surface area contributed by atoms with E-state index in [9.17, 15) is 9.90 Å². The summed E-state index contributed by atoms with van der Waals surface area (Å²) >= 11 is 0. The van der Waals surface area contributed by atoms with Crippen LogP contribution in [0.15, 0.2) is 36.4 Å². The fraction of sp³-hybridized carbons (Fsp3) is 0.235. The molecule has 3 heteroatoms. The van der Waals surface area contributed by atoms with Crippen molar-refractivity contribution in [3.05, 3.63) is 53.1 Å². The molecule has 0 fully saturated rings. The summed E-state index contributed by atoms with van der Waals surface area (Å²) in [5.74, 6) is -0.875. The van der Waals surface area contributed by atoms with Crippen LogP contribution < -0.4 is 5.32 Å². The summed E-state index contributed by atoms with van der Waals surface area (Å²) in [4.78, 5) is 11.4. The molecular weight excluding hydrogens is 250 g/mol. The molecule has 2 aromatic rings. The van der Waals surface area contributed by atoms with Crippen molar-refractivity contribution in [1.82, 2.24) is 0 Å². The minimum atomic E-state index is -0.875. The first-order valence-electron chi connectivity index (χ1n) is 6.87. The van der Waals surface area contributed by atoms with Crippen LogP contribution in [0.3, 0.4) is 0 Å². The van der Waals surface area contributed by atoms with E-state index in [4.69, 9.17) is 0 Å². The highest BCUT2D eigenvalue weighted by molar-refractivity contribution is 5.97. The predicted octanol–water partition coefficient (Wildman–Crippen LogP) is 3.72. The van der Waals surface area contributed by atoms with Gasteiger partial charge in [0.05, 0.1) is 5.56 Å². The molecule has 0 atom stereocenters. The predicted molar refractivity (Wildman–Crippen MR) is 80.4 cm³/mol. The van der Waals surface area contributed by atoms with Gasteiger partial charge in [-0.3, -0.25) is 0 Å². The Hall–Kier alpha value is -2.29. The average Bonchev–Trinajstić information content (AvgIpc) is 2.46. The molecule has 0 spiro atoms. The Morgan fingerprint density at radius 2 is 2.10 bits per heavy atom. The quantitative estimate of drug-likeness (QED) is 0.872. The lowest BCUT2D eigenvalue weighted by atomic mass is 9.92. The molecular formula is C17H17NO2. The third-order valence-electron chi connectivity index (χ3n) is 3.84. The van der Waals surface area contributed by atoms with Crippen LogP contribution in [0.5, 0.6) is 0 Å². The summed E-state index contributed by atoms with van der Waals surface area (Å²) in [5, 5.41) is 12.8. The second-order valence-electron chi connectivity index (χ2n) is 5.20. The van der Waals surface area contributed by atoms with Gasteiger partial charge in [0, 0.05) is 12.2 Å². The number of anilines is 1. The van der Waals surface area contributed by atoms with E-state index in [0.717, 1.165) is 36.1 Å². The first-order chi connectivity index (χ1) is 9.66. The number of carbonyl (C=O) groups is 1. The van der Waals surface area contributed by atoms with Gasteiger partial charge in [-0.2, -0.15) is 0 Å². The fourth-order valence-corrected chi connectivity index (χ4v) is 2.86. The Morgan fingerprint density at radius 1 is 1.25 bits per heavy atom. The molecule has 0 saturated carbocycles. The standard InChI is InChI=1S/C17H17NO2/c1-11-4-2-6-14(17(19)20)16(11)13-7-8-15-12(10-13)5-3-9-18-15/h2,4,6-8,10,18H,3,5,9H2,1H3,(H,19,20). The molecule has 0 unspecified atom stereocenters. The third kappa shape index (κ3) is 2.16. The molecule has 0 aromatic heterocycles. The van der Waals surface area contributed by atoms with Crippen molar-refractivity contribution in [1.29, 1.82) is 0 Å². The van der Waals surface area contributed by atoms with Crippen molar-refractivity contribution in [2.75, 3.05) is 11.9 Å².